The van der Waals surface area contributed by atoms with Crippen molar-refractivity contribution < 1.29 is 4.79 Å². The maximum absolute atomic E-state index is 11.9. The van der Waals surface area contributed by atoms with E-state index in [0.717, 1.165) is 0 Å². The third-order valence-electron chi connectivity index (χ3n) is 2.69. The molecular formula is C12H15N3OS. The van der Waals surface area contributed by atoms with Crippen molar-refractivity contribution in [1.29, 1.82) is 0 Å². The molecule has 0 unspecified atom stereocenters. The fraction of sp³-hybridized carbons (Fsp3) is 0.333. The number of carbonyl (C=O) groups excluding carboxylic acids is 1. The fourth-order valence-electron chi connectivity index (χ4n) is 1.53. The van der Waals surface area contributed by atoms with Crippen molar-refractivity contribution in [2.75, 3.05) is 0 Å². The molecule has 2 rings (SSSR count). The van der Waals surface area contributed by atoms with E-state index in [1.807, 2.05) is 18.4 Å². The van der Waals surface area contributed by atoms with Gasteiger partial charge in [-0.2, -0.15) is 5.10 Å². The molecule has 0 bridgehead atoms. The quantitative estimate of drug-likeness (QED) is 0.902. The van der Waals surface area contributed by atoms with Gasteiger partial charge in [-0.05, 0) is 36.9 Å². The zero-order valence-corrected chi connectivity index (χ0v) is 10.7. The first-order valence-corrected chi connectivity index (χ1v) is 6.36. The van der Waals surface area contributed by atoms with Gasteiger partial charge in [-0.1, -0.05) is 0 Å². The summed E-state index contributed by atoms with van der Waals surface area (Å²) in [5.41, 5.74) is 1.22. The molecule has 2 aromatic heterocycles. The summed E-state index contributed by atoms with van der Waals surface area (Å²) >= 11 is 1.66. The standard InChI is InChI=1S/C12H15N3OS/c1-9-4-7-17-11(9)8-13-12(16)10(2)15-6-3-5-14-15/h3-7,10H,8H2,1-2H3,(H,13,16)/t10-/m0/s1. The summed E-state index contributed by atoms with van der Waals surface area (Å²) in [6.45, 7) is 4.48. The molecule has 0 spiro atoms. The molecule has 90 valence electrons. The predicted octanol–water partition coefficient (Wildman–Crippen LogP) is 2.13. The summed E-state index contributed by atoms with van der Waals surface area (Å²) in [6.07, 6.45) is 3.47. The van der Waals surface area contributed by atoms with E-state index in [1.165, 1.54) is 10.4 Å². The number of aryl methyl sites for hydroxylation is 1. The second-order valence-electron chi connectivity index (χ2n) is 3.91. The molecule has 1 N–H and O–H groups in total. The van der Waals surface area contributed by atoms with Crippen LogP contribution in [-0.2, 0) is 11.3 Å². The average molecular weight is 249 g/mol. The van der Waals surface area contributed by atoms with Crippen molar-refractivity contribution in [3.05, 3.63) is 40.3 Å². The number of hydrogen-bond donors (Lipinski definition) is 1. The van der Waals surface area contributed by atoms with Crippen LogP contribution >= 0.6 is 11.3 Å². The summed E-state index contributed by atoms with van der Waals surface area (Å²) in [5.74, 6) is -0.0125. The summed E-state index contributed by atoms with van der Waals surface area (Å²) in [4.78, 5) is 13.1. The first-order chi connectivity index (χ1) is 8.18. The number of nitrogens with one attached hydrogen (secondary N) is 1. The Labute approximate surface area is 104 Å². The lowest BCUT2D eigenvalue weighted by Gasteiger charge is -2.12. The van der Waals surface area contributed by atoms with Crippen LogP contribution in [-0.4, -0.2) is 15.7 Å². The molecule has 0 saturated heterocycles. The Bertz CT molecular complexity index is 490. The van der Waals surface area contributed by atoms with Gasteiger partial charge in [0.15, 0.2) is 0 Å². The Hall–Kier alpha value is -1.62. The molecule has 1 atom stereocenters. The van der Waals surface area contributed by atoms with E-state index in [0.29, 0.717) is 6.54 Å². The minimum absolute atomic E-state index is 0.0125. The monoisotopic (exact) mass is 249 g/mol. The maximum Gasteiger partial charge on any atom is 0.244 e. The molecule has 5 heteroatoms. The molecular weight excluding hydrogens is 234 g/mol. The Kier molecular flexibility index (Phi) is 3.58. The summed E-state index contributed by atoms with van der Waals surface area (Å²) in [7, 11) is 0. The normalized spacial score (nSPS) is 12.4. The highest BCUT2D eigenvalue weighted by molar-refractivity contribution is 7.10. The van der Waals surface area contributed by atoms with Crippen LogP contribution < -0.4 is 5.32 Å². The van der Waals surface area contributed by atoms with Gasteiger partial charge in [0.2, 0.25) is 5.91 Å². The van der Waals surface area contributed by atoms with E-state index in [1.54, 1.807) is 28.4 Å². The van der Waals surface area contributed by atoms with Crippen molar-refractivity contribution in [1.82, 2.24) is 15.1 Å². The Morgan fingerprint density at radius 3 is 3.06 bits per heavy atom. The number of rotatable bonds is 4. The van der Waals surface area contributed by atoms with Gasteiger partial charge >= 0.3 is 0 Å². The number of carbonyl (C=O) groups is 1. The third-order valence-corrected chi connectivity index (χ3v) is 3.72. The Morgan fingerprint density at radius 1 is 1.65 bits per heavy atom. The summed E-state index contributed by atoms with van der Waals surface area (Å²) in [6, 6.07) is 3.60. The molecule has 0 fully saturated rings. The second-order valence-corrected chi connectivity index (χ2v) is 4.91. The third kappa shape index (κ3) is 2.74. The maximum atomic E-state index is 11.9. The van der Waals surface area contributed by atoms with Crippen molar-refractivity contribution >= 4 is 17.2 Å². The van der Waals surface area contributed by atoms with E-state index in [-0.39, 0.29) is 11.9 Å². The van der Waals surface area contributed by atoms with E-state index in [9.17, 15) is 4.79 Å². The van der Waals surface area contributed by atoms with Gasteiger partial charge < -0.3 is 5.32 Å². The van der Waals surface area contributed by atoms with Crippen LogP contribution in [0.4, 0.5) is 0 Å². The molecule has 1 amide bonds. The molecule has 0 aliphatic carbocycles. The molecule has 17 heavy (non-hydrogen) atoms. The first kappa shape index (κ1) is 11.9. The highest BCUT2D eigenvalue weighted by Gasteiger charge is 2.14. The van der Waals surface area contributed by atoms with Gasteiger partial charge in [-0.3, -0.25) is 9.48 Å². The van der Waals surface area contributed by atoms with E-state index >= 15 is 0 Å². The second kappa shape index (κ2) is 5.14. The SMILES string of the molecule is Cc1ccsc1CNC(=O)[C@H](C)n1cccn1. The molecule has 4 nitrogen and oxygen atoms in total. The Balaban J connectivity index is 1.92. The smallest absolute Gasteiger partial charge is 0.244 e. The summed E-state index contributed by atoms with van der Waals surface area (Å²) < 4.78 is 1.65. The zero-order valence-electron chi connectivity index (χ0n) is 9.88. The predicted molar refractivity (Wildman–Crippen MR) is 67.8 cm³/mol. The van der Waals surface area contributed by atoms with E-state index in [2.05, 4.69) is 23.4 Å². The minimum Gasteiger partial charge on any atom is -0.349 e. The highest BCUT2D eigenvalue weighted by Crippen LogP contribution is 2.15. The number of nitrogens with zero attached hydrogens (tertiary/aromatic N) is 2. The van der Waals surface area contributed by atoms with Gasteiger partial charge in [-0.25, -0.2) is 0 Å². The molecule has 0 radical (unpaired) electrons. The number of amides is 1. The van der Waals surface area contributed by atoms with Crippen LogP contribution in [0.3, 0.4) is 0 Å². The van der Waals surface area contributed by atoms with Crippen LogP contribution in [0.15, 0.2) is 29.9 Å². The topological polar surface area (TPSA) is 46.9 Å². The molecule has 0 saturated carbocycles. The highest BCUT2D eigenvalue weighted by atomic mass is 32.1. The molecule has 2 heterocycles. The lowest BCUT2D eigenvalue weighted by Crippen LogP contribution is -2.30. The van der Waals surface area contributed by atoms with Gasteiger partial charge in [-0.15, -0.1) is 11.3 Å². The van der Waals surface area contributed by atoms with Crippen LogP contribution in [0.1, 0.15) is 23.4 Å². The minimum atomic E-state index is -0.273. The van der Waals surface area contributed by atoms with Crippen LogP contribution in [0.5, 0.6) is 0 Å². The molecule has 2 aromatic rings. The van der Waals surface area contributed by atoms with Gasteiger partial charge in [0.05, 0.1) is 6.54 Å². The van der Waals surface area contributed by atoms with Crippen molar-refractivity contribution in [2.24, 2.45) is 0 Å². The Morgan fingerprint density at radius 2 is 2.47 bits per heavy atom. The average Bonchev–Trinajstić information content (AvgIpc) is 2.96. The van der Waals surface area contributed by atoms with Crippen molar-refractivity contribution in [2.45, 2.75) is 26.4 Å². The van der Waals surface area contributed by atoms with Crippen LogP contribution in [0, 0.1) is 6.92 Å². The lowest BCUT2D eigenvalue weighted by atomic mass is 10.2. The van der Waals surface area contributed by atoms with Gasteiger partial charge in [0.1, 0.15) is 6.04 Å². The van der Waals surface area contributed by atoms with E-state index < -0.39 is 0 Å². The first-order valence-electron chi connectivity index (χ1n) is 5.48. The number of aromatic nitrogens is 2. The van der Waals surface area contributed by atoms with Crippen molar-refractivity contribution in [3.63, 3.8) is 0 Å². The molecule has 0 aliphatic rings. The summed E-state index contributed by atoms with van der Waals surface area (Å²) in [5, 5.41) is 9.02. The number of hydrogen-bond acceptors (Lipinski definition) is 3. The number of thiophene rings is 1. The van der Waals surface area contributed by atoms with Gasteiger partial charge in [0, 0.05) is 17.3 Å². The molecule has 0 aromatic carbocycles. The van der Waals surface area contributed by atoms with Crippen molar-refractivity contribution in [3.8, 4) is 0 Å². The van der Waals surface area contributed by atoms with Crippen LogP contribution in [0.2, 0.25) is 0 Å². The zero-order chi connectivity index (χ0) is 12.3. The van der Waals surface area contributed by atoms with Crippen LogP contribution in [0.25, 0.3) is 0 Å². The fourth-order valence-corrected chi connectivity index (χ4v) is 2.38. The van der Waals surface area contributed by atoms with E-state index in [4.69, 9.17) is 0 Å². The molecule has 0 aliphatic heterocycles. The van der Waals surface area contributed by atoms with Gasteiger partial charge in [0.25, 0.3) is 0 Å². The largest absolute Gasteiger partial charge is 0.349 e. The lowest BCUT2D eigenvalue weighted by molar-refractivity contribution is -0.124.